The Hall–Kier alpha value is -1.40. The highest BCUT2D eigenvalue weighted by Crippen LogP contribution is 2.31. The number of urea groups is 1. The standard InChI is InChI=1S/C15H24N4OS/c1-6-8-17-9-18(11(3)4)10-19(15(17)20)14-12(5)13(7-2)16-21-14/h6,11H,1,7-10H2,2-5H3. The van der Waals surface area contributed by atoms with Crippen molar-refractivity contribution in [3.05, 3.63) is 23.9 Å². The summed E-state index contributed by atoms with van der Waals surface area (Å²) in [5.41, 5.74) is 2.21. The number of aryl methyl sites for hydroxylation is 1. The molecule has 2 heterocycles. The van der Waals surface area contributed by atoms with E-state index in [2.05, 4.69) is 43.5 Å². The minimum absolute atomic E-state index is 0.0428. The highest BCUT2D eigenvalue weighted by Gasteiger charge is 2.33. The third kappa shape index (κ3) is 3.11. The summed E-state index contributed by atoms with van der Waals surface area (Å²) < 4.78 is 4.48. The van der Waals surface area contributed by atoms with Crippen molar-refractivity contribution in [2.45, 2.75) is 40.2 Å². The Kier molecular flexibility index (Phi) is 5.00. The first-order valence-electron chi connectivity index (χ1n) is 7.36. The summed E-state index contributed by atoms with van der Waals surface area (Å²) in [4.78, 5) is 18.6. The molecule has 2 amide bonds. The lowest BCUT2D eigenvalue weighted by Gasteiger charge is -2.43. The van der Waals surface area contributed by atoms with Crippen LogP contribution in [0.4, 0.5) is 9.80 Å². The Morgan fingerprint density at radius 1 is 1.43 bits per heavy atom. The summed E-state index contributed by atoms with van der Waals surface area (Å²) in [6.07, 6.45) is 2.67. The molecule has 0 saturated carbocycles. The summed E-state index contributed by atoms with van der Waals surface area (Å²) in [5.74, 6) is 0. The molecule has 0 bridgehead atoms. The molecule has 0 atom stereocenters. The summed E-state index contributed by atoms with van der Waals surface area (Å²) in [5, 5.41) is 0.969. The molecule has 5 nitrogen and oxygen atoms in total. The number of aromatic nitrogens is 1. The van der Waals surface area contributed by atoms with E-state index in [-0.39, 0.29) is 6.03 Å². The normalized spacial score (nSPS) is 16.9. The van der Waals surface area contributed by atoms with E-state index in [1.165, 1.54) is 11.5 Å². The summed E-state index contributed by atoms with van der Waals surface area (Å²) in [7, 11) is 0. The Balaban J connectivity index is 2.32. The molecule has 1 aliphatic heterocycles. The maximum Gasteiger partial charge on any atom is 0.327 e. The van der Waals surface area contributed by atoms with Crippen molar-refractivity contribution >= 4 is 22.6 Å². The van der Waals surface area contributed by atoms with E-state index < -0.39 is 0 Å². The largest absolute Gasteiger partial charge is 0.327 e. The summed E-state index contributed by atoms with van der Waals surface area (Å²) in [6, 6.07) is 0.424. The van der Waals surface area contributed by atoms with Gasteiger partial charge < -0.3 is 4.90 Å². The second kappa shape index (κ2) is 6.58. The van der Waals surface area contributed by atoms with Crippen LogP contribution < -0.4 is 4.90 Å². The van der Waals surface area contributed by atoms with Crippen molar-refractivity contribution in [3.8, 4) is 0 Å². The highest BCUT2D eigenvalue weighted by molar-refractivity contribution is 7.10. The maximum absolute atomic E-state index is 12.7. The zero-order valence-electron chi connectivity index (χ0n) is 13.3. The zero-order valence-corrected chi connectivity index (χ0v) is 14.1. The summed E-state index contributed by atoms with van der Waals surface area (Å²) in [6.45, 7) is 14.0. The number of anilines is 1. The Bertz CT molecular complexity index is 526. The van der Waals surface area contributed by atoms with Crippen molar-refractivity contribution in [3.63, 3.8) is 0 Å². The van der Waals surface area contributed by atoms with Crippen molar-refractivity contribution in [2.75, 3.05) is 24.8 Å². The predicted octanol–water partition coefficient (Wildman–Crippen LogP) is 3.07. The van der Waals surface area contributed by atoms with Gasteiger partial charge >= 0.3 is 6.03 Å². The number of nitrogens with zero attached hydrogens (tertiary/aromatic N) is 4. The smallest absolute Gasteiger partial charge is 0.308 e. The Morgan fingerprint density at radius 3 is 2.67 bits per heavy atom. The van der Waals surface area contributed by atoms with E-state index in [0.29, 0.717) is 25.9 Å². The van der Waals surface area contributed by atoms with Crippen LogP contribution in [-0.2, 0) is 6.42 Å². The van der Waals surface area contributed by atoms with Crippen molar-refractivity contribution < 1.29 is 4.79 Å². The first-order valence-corrected chi connectivity index (χ1v) is 8.13. The van der Waals surface area contributed by atoms with E-state index in [1.807, 2.05) is 9.80 Å². The van der Waals surface area contributed by atoms with Crippen LogP contribution in [0.25, 0.3) is 0 Å². The van der Waals surface area contributed by atoms with E-state index in [9.17, 15) is 4.79 Å². The molecule has 0 radical (unpaired) electrons. The fourth-order valence-corrected chi connectivity index (χ4v) is 3.40. The van der Waals surface area contributed by atoms with Crippen molar-refractivity contribution in [2.24, 2.45) is 0 Å². The molecule has 1 fully saturated rings. The van der Waals surface area contributed by atoms with Gasteiger partial charge in [-0.05, 0) is 38.7 Å². The van der Waals surface area contributed by atoms with Gasteiger partial charge in [0.2, 0.25) is 0 Å². The van der Waals surface area contributed by atoms with Gasteiger partial charge in [-0.3, -0.25) is 9.80 Å². The fraction of sp³-hybridized carbons (Fsp3) is 0.600. The number of amides is 2. The van der Waals surface area contributed by atoms with Crippen LogP contribution in [0.5, 0.6) is 0 Å². The molecule has 6 heteroatoms. The number of rotatable bonds is 5. The van der Waals surface area contributed by atoms with E-state index >= 15 is 0 Å². The van der Waals surface area contributed by atoms with E-state index in [1.54, 1.807) is 6.08 Å². The molecule has 1 aromatic heterocycles. The van der Waals surface area contributed by atoms with Gasteiger partial charge in [-0.2, -0.15) is 4.37 Å². The number of carbonyl (C=O) groups is 1. The molecule has 21 heavy (non-hydrogen) atoms. The first-order chi connectivity index (χ1) is 9.99. The van der Waals surface area contributed by atoms with E-state index in [0.717, 1.165) is 22.7 Å². The molecule has 0 aliphatic carbocycles. The molecule has 116 valence electrons. The lowest BCUT2D eigenvalue weighted by Crippen LogP contribution is -2.59. The second-order valence-corrected chi connectivity index (χ2v) is 6.35. The average molecular weight is 308 g/mol. The molecular weight excluding hydrogens is 284 g/mol. The molecular formula is C15H24N4OS. The van der Waals surface area contributed by atoms with Crippen LogP contribution in [-0.4, -0.2) is 46.1 Å². The van der Waals surface area contributed by atoms with Gasteiger partial charge in [-0.25, -0.2) is 4.79 Å². The molecule has 1 saturated heterocycles. The zero-order chi connectivity index (χ0) is 15.6. The van der Waals surface area contributed by atoms with Gasteiger partial charge in [0.1, 0.15) is 5.00 Å². The van der Waals surface area contributed by atoms with Gasteiger partial charge in [0.25, 0.3) is 0 Å². The van der Waals surface area contributed by atoms with Gasteiger partial charge in [-0.1, -0.05) is 13.0 Å². The van der Waals surface area contributed by atoms with Crippen LogP contribution in [0.15, 0.2) is 12.7 Å². The molecule has 0 N–H and O–H groups in total. The molecule has 0 spiro atoms. The number of hydrogen-bond acceptors (Lipinski definition) is 4. The summed E-state index contributed by atoms with van der Waals surface area (Å²) >= 11 is 1.42. The van der Waals surface area contributed by atoms with Crippen LogP contribution >= 0.6 is 11.5 Å². The minimum Gasteiger partial charge on any atom is -0.308 e. The van der Waals surface area contributed by atoms with Gasteiger partial charge in [-0.15, -0.1) is 6.58 Å². The predicted molar refractivity (Wildman–Crippen MR) is 87.7 cm³/mol. The third-order valence-corrected chi connectivity index (χ3v) is 4.84. The quantitative estimate of drug-likeness (QED) is 0.785. The second-order valence-electron chi connectivity index (χ2n) is 5.60. The van der Waals surface area contributed by atoms with Crippen molar-refractivity contribution in [1.82, 2.24) is 14.2 Å². The number of carbonyl (C=O) groups excluding carboxylic acids is 1. The van der Waals surface area contributed by atoms with Crippen LogP contribution in [0.3, 0.4) is 0 Å². The Labute approximate surface area is 131 Å². The molecule has 0 unspecified atom stereocenters. The minimum atomic E-state index is 0.0428. The monoisotopic (exact) mass is 308 g/mol. The van der Waals surface area contributed by atoms with Crippen LogP contribution in [0.1, 0.15) is 32.0 Å². The molecule has 0 aromatic carbocycles. The lowest BCUT2D eigenvalue weighted by atomic mass is 10.2. The Morgan fingerprint density at radius 2 is 2.14 bits per heavy atom. The number of hydrogen-bond donors (Lipinski definition) is 0. The molecule has 1 aliphatic rings. The third-order valence-electron chi connectivity index (χ3n) is 3.83. The van der Waals surface area contributed by atoms with Gasteiger partial charge in [0.15, 0.2) is 0 Å². The average Bonchev–Trinajstić information content (AvgIpc) is 2.82. The topological polar surface area (TPSA) is 39.7 Å². The maximum atomic E-state index is 12.7. The molecule has 2 rings (SSSR count). The SMILES string of the molecule is C=CCN1CN(C(C)C)CN(c2snc(CC)c2C)C1=O. The van der Waals surface area contributed by atoms with Crippen LogP contribution in [0.2, 0.25) is 0 Å². The lowest BCUT2D eigenvalue weighted by molar-refractivity contribution is 0.101. The van der Waals surface area contributed by atoms with Gasteiger partial charge in [0.05, 0.1) is 19.0 Å². The van der Waals surface area contributed by atoms with Crippen LogP contribution in [0, 0.1) is 6.92 Å². The first kappa shape index (κ1) is 16.0. The van der Waals surface area contributed by atoms with E-state index in [4.69, 9.17) is 0 Å². The van der Waals surface area contributed by atoms with Gasteiger partial charge in [0, 0.05) is 18.2 Å². The molecule has 1 aromatic rings. The fourth-order valence-electron chi connectivity index (χ4n) is 2.45. The van der Waals surface area contributed by atoms with Crippen molar-refractivity contribution in [1.29, 1.82) is 0 Å². The highest BCUT2D eigenvalue weighted by atomic mass is 32.1.